The highest BCUT2D eigenvalue weighted by atomic mass is 35.5. The minimum atomic E-state index is -0.885. The molecule has 0 radical (unpaired) electrons. The van der Waals surface area contributed by atoms with Gasteiger partial charge in [0.1, 0.15) is 18.5 Å². The molecule has 0 unspecified atom stereocenters. The molecule has 30 heavy (non-hydrogen) atoms. The molecule has 0 spiro atoms. The molecular weight excluding hydrogens is 428 g/mol. The zero-order chi connectivity index (χ0) is 21.7. The van der Waals surface area contributed by atoms with E-state index in [1.807, 2.05) is 0 Å². The van der Waals surface area contributed by atoms with E-state index in [1.54, 1.807) is 35.9 Å². The maximum atomic E-state index is 12.5. The summed E-state index contributed by atoms with van der Waals surface area (Å²) in [4.78, 5) is 31.3. The maximum Gasteiger partial charge on any atom is 0.329 e. The van der Waals surface area contributed by atoms with E-state index in [1.165, 1.54) is 16.3 Å². The molecular formula is C20H25ClN4O4S. The first-order chi connectivity index (χ1) is 14.4. The van der Waals surface area contributed by atoms with Gasteiger partial charge >= 0.3 is 5.69 Å². The number of imidazole rings is 1. The van der Waals surface area contributed by atoms with Crippen molar-refractivity contribution < 1.29 is 9.84 Å². The number of aryl methyl sites for hydroxylation is 1. The Morgan fingerprint density at radius 2 is 2.00 bits per heavy atom. The number of hydrogen-bond donors (Lipinski definition) is 2. The van der Waals surface area contributed by atoms with E-state index in [9.17, 15) is 14.7 Å². The summed E-state index contributed by atoms with van der Waals surface area (Å²) >= 11 is 7.38. The number of aliphatic hydroxyl groups is 1. The molecule has 2 heterocycles. The number of aromatic nitrogens is 4. The molecule has 0 amide bonds. The monoisotopic (exact) mass is 452 g/mol. The first kappa shape index (κ1) is 22.5. The second kappa shape index (κ2) is 10.2. The van der Waals surface area contributed by atoms with Crippen molar-refractivity contribution in [3.8, 4) is 5.75 Å². The van der Waals surface area contributed by atoms with Gasteiger partial charge in [-0.1, -0.05) is 43.1 Å². The highest BCUT2D eigenvalue weighted by molar-refractivity contribution is 7.99. The third-order valence-electron chi connectivity index (χ3n) is 4.60. The molecule has 1 aromatic carbocycles. The van der Waals surface area contributed by atoms with Crippen molar-refractivity contribution in [3.63, 3.8) is 0 Å². The van der Waals surface area contributed by atoms with E-state index in [2.05, 4.69) is 16.9 Å². The molecule has 8 nitrogen and oxygen atoms in total. The summed E-state index contributed by atoms with van der Waals surface area (Å²) in [6.07, 6.45) is 2.34. The fraction of sp³-hybridized carbons (Fsp3) is 0.450. The lowest BCUT2D eigenvalue weighted by Crippen LogP contribution is -2.30. The number of benzene rings is 1. The summed E-state index contributed by atoms with van der Waals surface area (Å²) in [5, 5.41) is 11.8. The minimum absolute atomic E-state index is 0.0327. The minimum Gasteiger partial charge on any atom is -0.491 e. The Balaban J connectivity index is 1.84. The van der Waals surface area contributed by atoms with Gasteiger partial charge in [-0.25, -0.2) is 9.78 Å². The molecule has 10 heteroatoms. The van der Waals surface area contributed by atoms with Crippen molar-refractivity contribution in [3.05, 3.63) is 50.1 Å². The van der Waals surface area contributed by atoms with Crippen LogP contribution in [0.25, 0.3) is 11.2 Å². The predicted molar refractivity (Wildman–Crippen MR) is 119 cm³/mol. The van der Waals surface area contributed by atoms with Crippen LogP contribution in [-0.4, -0.2) is 42.7 Å². The molecule has 162 valence electrons. The lowest BCUT2D eigenvalue weighted by atomic mass is 10.3. The van der Waals surface area contributed by atoms with Crippen molar-refractivity contribution in [1.29, 1.82) is 0 Å². The number of ether oxygens (including phenoxy) is 1. The van der Waals surface area contributed by atoms with Crippen LogP contribution in [0.15, 0.2) is 39.0 Å². The number of nitrogens with one attached hydrogen (secondary N) is 1. The predicted octanol–water partition coefficient (Wildman–Crippen LogP) is 2.80. The van der Waals surface area contributed by atoms with Crippen molar-refractivity contribution in [2.24, 2.45) is 7.05 Å². The normalized spacial score (nSPS) is 12.4. The molecule has 2 aromatic heterocycles. The van der Waals surface area contributed by atoms with Crippen molar-refractivity contribution in [2.75, 3.05) is 12.4 Å². The second-order valence-corrected chi connectivity index (χ2v) is 8.47. The first-order valence-corrected chi connectivity index (χ1v) is 11.2. The van der Waals surface area contributed by atoms with Crippen LogP contribution in [-0.2, 0) is 13.6 Å². The molecule has 0 aliphatic heterocycles. The Labute approximate surface area is 182 Å². The largest absolute Gasteiger partial charge is 0.491 e. The van der Waals surface area contributed by atoms with E-state index >= 15 is 0 Å². The molecule has 0 aliphatic rings. The topological polar surface area (TPSA) is 102 Å². The number of halogens is 1. The Morgan fingerprint density at radius 3 is 2.70 bits per heavy atom. The third-order valence-corrected chi connectivity index (χ3v) is 5.92. The van der Waals surface area contributed by atoms with Crippen LogP contribution in [0.3, 0.4) is 0 Å². The lowest BCUT2D eigenvalue weighted by molar-refractivity contribution is 0.0914. The number of aromatic amines is 1. The van der Waals surface area contributed by atoms with Crippen LogP contribution in [0.2, 0.25) is 5.02 Å². The van der Waals surface area contributed by atoms with Gasteiger partial charge in [-0.3, -0.25) is 14.3 Å². The van der Waals surface area contributed by atoms with E-state index < -0.39 is 17.4 Å². The summed E-state index contributed by atoms with van der Waals surface area (Å²) in [5.74, 6) is 1.42. The molecule has 3 rings (SSSR count). The molecule has 2 N–H and O–H groups in total. The van der Waals surface area contributed by atoms with Crippen LogP contribution < -0.4 is 16.0 Å². The number of aliphatic hydroxyl groups excluding tert-OH is 1. The molecule has 0 fully saturated rings. The fourth-order valence-corrected chi connectivity index (χ4v) is 4.13. The van der Waals surface area contributed by atoms with Gasteiger partial charge in [-0.05, 0) is 30.7 Å². The summed E-state index contributed by atoms with van der Waals surface area (Å²) in [6, 6.07) is 6.85. The second-order valence-electron chi connectivity index (χ2n) is 6.97. The quantitative estimate of drug-likeness (QED) is 0.362. The van der Waals surface area contributed by atoms with E-state index in [0.29, 0.717) is 21.6 Å². The van der Waals surface area contributed by atoms with Gasteiger partial charge in [0.2, 0.25) is 0 Å². The first-order valence-electron chi connectivity index (χ1n) is 9.79. The van der Waals surface area contributed by atoms with Gasteiger partial charge in [0.15, 0.2) is 16.3 Å². The van der Waals surface area contributed by atoms with Crippen LogP contribution in [0, 0.1) is 0 Å². The molecule has 0 aliphatic carbocycles. The molecule has 0 bridgehead atoms. The molecule has 3 aromatic rings. The maximum absolute atomic E-state index is 12.5. The van der Waals surface area contributed by atoms with Crippen molar-refractivity contribution in [1.82, 2.24) is 19.1 Å². The van der Waals surface area contributed by atoms with Crippen molar-refractivity contribution in [2.45, 2.75) is 44.0 Å². The molecule has 0 saturated carbocycles. The van der Waals surface area contributed by atoms with Gasteiger partial charge in [-0.15, -0.1) is 0 Å². The average molecular weight is 453 g/mol. The van der Waals surface area contributed by atoms with Crippen molar-refractivity contribution >= 4 is 34.5 Å². The Morgan fingerprint density at radius 1 is 1.27 bits per heavy atom. The summed E-state index contributed by atoms with van der Waals surface area (Å²) in [6.45, 7) is 2.28. The number of nitrogens with zero attached hydrogens (tertiary/aromatic N) is 3. The summed E-state index contributed by atoms with van der Waals surface area (Å²) in [5.41, 5.74) is -0.480. The fourth-order valence-electron chi connectivity index (χ4n) is 3.00. The smallest absolute Gasteiger partial charge is 0.329 e. The summed E-state index contributed by atoms with van der Waals surface area (Å²) < 4.78 is 8.59. The third kappa shape index (κ3) is 5.27. The van der Waals surface area contributed by atoms with Crippen LogP contribution >= 0.6 is 23.4 Å². The lowest BCUT2D eigenvalue weighted by Gasteiger charge is -2.15. The molecule has 0 saturated heterocycles. The average Bonchev–Trinajstić information content (AvgIpc) is 3.08. The van der Waals surface area contributed by atoms with Gasteiger partial charge in [0.25, 0.3) is 5.56 Å². The number of fused-ring (bicyclic) bond motifs is 1. The highest BCUT2D eigenvalue weighted by Crippen LogP contribution is 2.23. The van der Waals surface area contributed by atoms with Gasteiger partial charge < -0.3 is 14.4 Å². The van der Waals surface area contributed by atoms with E-state index in [-0.39, 0.29) is 18.7 Å². The Bertz CT molecular complexity index is 1110. The molecule has 1 atom stereocenters. The van der Waals surface area contributed by atoms with Crippen LogP contribution in [0.4, 0.5) is 0 Å². The van der Waals surface area contributed by atoms with E-state index in [4.69, 9.17) is 16.3 Å². The zero-order valence-corrected chi connectivity index (χ0v) is 18.5. The number of unbranched alkanes of at least 4 members (excludes halogenated alkanes) is 2. The van der Waals surface area contributed by atoms with Gasteiger partial charge in [0, 0.05) is 17.8 Å². The summed E-state index contributed by atoms with van der Waals surface area (Å²) in [7, 11) is 1.56. The Kier molecular flexibility index (Phi) is 7.63. The number of hydrogen-bond acceptors (Lipinski definition) is 6. The zero-order valence-electron chi connectivity index (χ0n) is 16.9. The SMILES string of the molecule is CCCCCSc1nc2c(c(=O)[nH]c(=O)n2C)n1C[C@@H](O)COc1ccc(Cl)cc1. The van der Waals surface area contributed by atoms with Gasteiger partial charge in [0.05, 0.1) is 6.54 Å². The standard InChI is InChI=1S/C20H25ClN4O4S/c1-3-4-5-10-30-20-22-17-16(18(27)23-19(28)24(17)2)25(20)11-14(26)12-29-15-8-6-13(21)7-9-15/h6-9,14,26H,3-5,10-12H2,1-2H3,(H,23,27,28)/t14-/m1/s1. The van der Waals surface area contributed by atoms with Gasteiger partial charge in [-0.2, -0.15) is 0 Å². The van der Waals surface area contributed by atoms with E-state index in [0.717, 1.165) is 25.0 Å². The highest BCUT2D eigenvalue weighted by Gasteiger charge is 2.20. The number of H-pyrrole nitrogens is 1. The number of thioether (sulfide) groups is 1. The number of rotatable bonds is 10. The Hall–Kier alpha value is -2.23. The van der Waals surface area contributed by atoms with Crippen LogP contribution in [0.1, 0.15) is 26.2 Å². The van der Waals surface area contributed by atoms with Crippen LogP contribution in [0.5, 0.6) is 5.75 Å².